The molecule has 0 saturated carbocycles. The van der Waals surface area contributed by atoms with Crippen molar-refractivity contribution < 1.29 is 14.3 Å². The Labute approximate surface area is 171 Å². The predicted octanol–water partition coefficient (Wildman–Crippen LogP) is 4.24. The van der Waals surface area contributed by atoms with Crippen molar-refractivity contribution >= 4 is 23.6 Å². The van der Waals surface area contributed by atoms with Crippen LogP contribution in [0.2, 0.25) is 0 Å². The Morgan fingerprint density at radius 3 is 2.59 bits per heavy atom. The molecule has 0 fully saturated rings. The van der Waals surface area contributed by atoms with E-state index in [1.807, 2.05) is 54.6 Å². The second-order valence-electron chi connectivity index (χ2n) is 7.34. The number of nitriles is 1. The van der Waals surface area contributed by atoms with Gasteiger partial charge in [0.2, 0.25) is 0 Å². The van der Waals surface area contributed by atoms with Crippen molar-refractivity contribution in [3.63, 3.8) is 0 Å². The van der Waals surface area contributed by atoms with E-state index in [1.165, 1.54) is 11.6 Å². The lowest BCUT2D eigenvalue weighted by Crippen LogP contribution is -2.38. The lowest BCUT2D eigenvalue weighted by Gasteiger charge is -2.29. The van der Waals surface area contributed by atoms with Gasteiger partial charge in [0.05, 0.1) is 0 Å². The second-order valence-corrected chi connectivity index (χ2v) is 7.34. The summed E-state index contributed by atoms with van der Waals surface area (Å²) in [7, 11) is 0. The Morgan fingerprint density at radius 1 is 1.17 bits per heavy atom. The normalized spacial score (nSPS) is 13.6. The van der Waals surface area contributed by atoms with Crippen LogP contribution in [0.3, 0.4) is 0 Å². The van der Waals surface area contributed by atoms with Crippen molar-refractivity contribution in [2.24, 2.45) is 0 Å². The van der Waals surface area contributed by atoms with Crippen LogP contribution in [0, 0.1) is 11.3 Å². The smallest absolute Gasteiger partial charge is 0.349 e. The van der Waals surface area contributed by atoms with Crippen LogP contribution in [0.4, 0.5) is 5.69 Å². The number of benzene rings is 2. The molecule has 0 bridgehead atoms. The van der Waals surface area contributed by atoms with Crippen molar-refractivity contribution in [1.29, 1.82) is 5.26 Å². The minimum absolute atomic E-state index is 0.130. The van der Waals surface area contributed by atoms with Crippen LogP contribution in [0.15, 0.2) is 54.1 Å². The third-order valence-corrected chi connectivity index (χ3v) is 4.99. The molecule has 0 atom stereocenters. The van der Waals surface area contributed by atoms with Gasteiger partial charge in [-0.1, -0.05) is 56.3 Å². The number of anilines is 1. The van der Waals surface area contributed by atoms with Crippen molar-refractivity contribution in [2.45, 2.75) is 32.6 Å². The number of fused-ring (bicyclic) bond motifs is 1. The van der Waals surface area contributed by atoms with E-state index in [1.54, 1.807) is 4.90 Å². The van der Waals surface area contributed by atoms with Gasteiger partial charge in [-0.25, -0.2) is 4.79 Å². The van der Waals surface area contributed by atoms with Gasteiger partial charge in [0.25, 0.3) is 5.91 Å². The zero-order valence-corrected chi connectivity index (χ0v) is 16.7. The number of rotatable bonds is 5. The molecule has 0 spiro atoms. The third-order valence-electron chi connectivity index (χ3n) is 4.99. The Balaban J connectivity index is 1.65. The number of esters is 1. The summed E-state index contributed by atoms with van der Waals surface area (Å²) in [6.45, 7) is 4.40. The summed E-state index contributed by atoms with van der Waals surface area (Å²) in [5.74, 6) is -0.678. The molecular weight excluding hydrogens is 364 g/mol. The first kappa shape index (κ1) is 20.3. The van der Waals surface area contributed by atoms with Gasteiger partial charge in [-0.05, 0) is 47.6 Å². The van der Waals surface area contributed by atoms with E-state index in [9.17, 15) is 14.9 Å². The summed E-state index contributed by atoms with van der Waals surface area (Å²) in [5.41, 5.74) is 3.76. The van der Waals surface area contributed by atoms with E-state index < -0.39 is 12.6 Å². The maximum Gasteiger partial charge on any atom is 0.349 e. The molecule has 0 aromatic heterocycles. The standard InChI is InChI=1S/C24H24N2O3/c1-17(2)19-11-9-18(10-12-19)14-21(15-25)24(28)29-16-23(27)26-13-5-7-20-6-3-4-8-22(20)26/h3-4,6,8-12,14,17H,5,7,13,16H2,1-2H3/b21-14+. The molecule has 0 aliphatic carbocycles. The fourth-order valence-corrected chi connectivity index (χ4v) is 3.36. The summed E-state index contributed by atoms with van der Waals surface area (Å²) >= 11 is 0. The Hall–Kier alpha value is -3.39. The number of para-hydroxylation sites is 1. The average Bonchev–Trinajstić information content (AvgIpc) is 2.75. The molecule has 5 heteroatoms. The van der Waals surface area contributed by atoms with E-state index in [0.717, 1.165) is 29.7 Å². The summed E-state index contributed by atoms with van der Waals surface area (Å²) in [6.07, 6.45) is 3.27. The van der Waals surface area contributed by atoms with Crippen LogP contribution in [-0.4, -0.2) is 25.0 Å². The van der Waals surface area contributed by atoms with Crippen molar-refractivity contribution in [2.75, 3.05) is 18.1 Å². The van der Waals surface area contributed by atoms with Crippen LogP contribution >= 0.6 is 0 Å². The van der Waals surface area contributed by atoms with Crippen LogP contribution in [-0.2, 0) is 20.7 Å². The van der Waals surface area contributed by atoms with Gasteiger partial charge in [0, 0.05) is 12.2 Å². The van der Waals surface area contributed by atoms with Gasteiger partial charge >= 0.3 is 5.97 Å². The molecule has 1 aliphatic heterocycles. The fourth-order valence-electron chi connectivity index (χ4n) is 3.36. The molecule has 1 amide bonds. The minimum Gasteiger partial charge on any atom is -0.451 e. The number of hydrogen-bond donors (Lipinski definition) is 0. The van der Waals surface area contributed by atoms with Crippen LogP contribution in [0.1, 0.15) is 42.9 Å². The van der Waals surface area contributed by atoms with E-state index >= 15 is 0 Å². The SMILES string of the molecule is CC(C)c1ccc(/C=C(\C#N)C(=O)OCC(=O)N2CCCc3ccccc32)cc1. The van der Waals surface area contributed by atoms with Crippen molar-refractivity contribution in [3.05, 3.63) is 70.8 Å². The lowest BCUT2D eigenvalue weighted by atomic mass is 10.0. The van der Waals surface area contributed by atoms with Crippen LogP contribution in [0.25, 0.3) is 6.08 Å². The van der Waals surface area contributed by atoms with Crippen molar-refractivity contribution in [1.82, 2.24) is 0 Å². The van der Waals surface area contributed by atoms with Crippen molar-refractivity contribution in [3.8, 4) is 6.07 Å². The maximum absolute atomic E-state index is 12.6. The molecule has 0 saturated heterocycles. The van der Waals surface area contributed by atoms with Gasteiger partial charge in [-0.3, -0.25) is 4.79 Å². The van der Waals surface area contributed by atoms with Gasteiger partial charge in [0.15, 0.2) is 6.61 Å². The zero-order chi connectivity index (χ0) is 20.8. The van der Waals surface area contributed by atoms with Crippen LogP contribution < -0.4 is 4.90 Å². The molecular formula is C24H24N2O3. The number of ether oxygens (including phenoxy) is 1. The maximum atomic E-state index is 12.6. The zero-order valence-electron chi connectivity index (χ0n) is 16.7. The number of hydrogen-bond acceptors (Lipinski definition) is 4. The van der Waals surface area contributed by atoms with E-state index in [4.69, 9.17) is 4.74 Å². The number of aryl methyl sites for hydroxylation is 1. The molecule has 3 rings (SSSR count). The average molecular weight is 388 g/mol. The molecule has 148 valence electrons. The second kappa shape index (κ2) is 9.20. The third kappa shape index (κ3) is 4.91. The highest BCUT2D eigenvalue weighted by atomic mass is 16.5. The number of carbonyl (C=O) groups is 2. The molecule has 1 aliphatic rings. The van der Waals surface area contributed by atoms with Gasteiger partial charge in [-0.15, -0.1) is 0 Å². The molecule has 2 aromatic rings. The first-order valence-electron chi connectivity index (χ1n) is 9.76. The summed E-state index contributed by atoms with van der Waals surface area (Å²) in [5, 5.41) is 9.33. The molecule has 0 N–H and O–H groups in total. The molecule has 0 radical (unpaired) electrons. The Morgan fingerprint density at radius 2 is 1.90 bits per heavy atom. The highest BCUT2D eigenvalue weighted by Gasteiger charge is 2.23. The van der Waals surface area contributed by atoms with Crippen LogP contribution in [0.5, 0.6) is 0 Å². The van der Waals surface area contributed by atoms with Gasteiger partial charge in [-0.2, -0.15) is 5.26 Å². The molecule has 5 nitrogen and oxygen atoms in total. The first-order chi connectivity index (χ1) is 14.0. The lowest BCUT2D eigenvalue weighted by molar-refractivity contribution is -0.143. The highest BCUT2D eigenvalue weighted by Crippen LogP contribution is 2.26. The monoisotopic (exact) mass is 388 g/mol. The van der Waals surface area contributed by atoms with E-state index in [-0.39, 0.29) is 11.5 Å². The van der Waals surface area contributed by atoms with Gasteiger partial charge < -0.3 is 9.64 Å². The Kier molecular flexibility index (Phi) is 6.46. The molecule has 0 unspecified atom stereocenters. The van der Waals surface area contributed by atoms with Gasteiger partial charge in [0.1, 0.15) is 11.6 Å². The fraction of sp³-hybridized carbons (Fsp3) is 0.292. The summed E-state index contributed by atoms with van der Waals surface area (Å²) in [6, 6.07) is 17.3. The van der Waals surface area contributed by atoms with E-state index in [0.29, 0.717) is 12.5 Å². The summed E-state index contributed by atoms with van der Waals surface area (Å²) in [4.78, 5) is 26.5. The number of nitrogens with zero attached hydrogens (tertiary/aromatic N) is 2. The largest absolute Gasteiger partial charge is 0.451 e. The molecule has 29 heavy (non-hydrogen) atoms. The number of amides is 1. The predicted molar refractivity (Wildman–Crippen MR) is 112 cm³/mol. The first-order valence-corrected chi connectivity index (χ1v) is 9.76. The Bertz CT molecular complexity index is 968. The minimum atomic E-state index is -0.793. The highest BCUT2D eigenvalue weighted by molar-refractivity contribution is 6.01. The van der Waals surface area contributed by atoms with E-state index in [2.05, 4.69) is 13.8 Å². The molecule has 2 aromatic carbocycles. The topological polar surface area (TPSA) is 70.4 Å². The molecule has 1 heterocycles. The summed E-state index contributed by atoms with van der Waals surface area (Å²) < 4.78 is 5.14. The number of carbonyl (C=O) groups excluding carboxylic acids is 2. The quantitative estimate of drug-likeness (QED) is 0.436.